The van der Waals surface area contributed by atoms with Crippen molar-refractivity contribution in [2.24, 2.45) is 0 Å². The zero-order valence-corrected chi connectivity index (χ0v) is 17.7. The highest BCUT2D eigenvalue weighted by molar-refractivity contribution is 7.91. The summed E-state index contributed by atoms with van der Waals surface area (Å²) in [7, 11) is -3.10. The van der Waals surface area contributed by atoms with Crippen LogP contribution in [0.1, 0.15) is 49.4 Å². The molecule has 3 aliphatic heterocycles. The van der Waals surface area contributed by atoms with Crippen molar-refractivity contribution in [1.82, 2.24) is 10.2 Å². The summed E-state index contributed by atoms with van der Waals surface area (Å²) in [4.78, 5) is 39.6. The SMILES string of the molecule is C[C@H](C(=O)N[C@H]1CCS(=O)(=O)C1)N1CC[C@]2(CCC1=O)CC(=O)c1ccccc1O2. The van der Waals surface area contributed by atoms with E-state index in [1.54, 1.807) is 25.1 Å². The number of amides is 2. The Morgan fingerprint density at radius 3 is 2.77 bits per heavy atom. The number of benzene rings is 1. The van der Waals surface area contributed by atoms with Crippen molar-refractivity contribution in [3.8, 4) is 5.75 Å². The van der Waals surface area contributed by atoms with Crippen molar-refractivity contribution < 1.29 is 27.5 Å². The van der Waals surface area contributed by atoms with E-state index in [2.05, 4.69) is 5.32 Å². The molecule has 1 aromatic rings. The zero-order valence-electron chi connectivity index (χ0n) is 16.9. The maximum absolute atomic E-state index is 12.8. The molecule has 3 atom stereocenters. The number of fused-ring (bicyclic) bond motifs is 1. The van der Waals surface area contributed by atoms with Crippen LogP contribution >= 0.6 is 0 Å². The molecule has 2 fully saturated rings. The number of ketones is 1. The third-order valence-electron chi connectivity index (χ3n) is 6.35. The highest BCUT2D eigenvalue weighted by Crippen LogP contribution is 2.39. The molecule has 162 valence electrons. The molecule has 1 spiro atoms. The van der Waals surface area contributed by atoms with Gasteiger partial charge in [-0.3, -0.25) is 14.4 Å². The summed E-state index contributed by atoms with van der Waals surface area (Å²) < 4.78 is 29.5. The summed E-state index contributed by atoms with van der Waals surface area (Å²) in [6, 6.07) is 6.00. The number of para-hydroxylation sites is 1. The Hall–Kier alpha value is -2.42. The van der Waals surface area contributed by atoms with E-state index in [-0.39, 0.29) is 41.9 Å². The van der Waals surface area contributed by atoms with Crippen LogP contribution < -0.4 is 10.1 Å². The Kier molecular flexibility index (Phi) is 5.34. The fourth-order valence-corrected chi connectivity index (χ4v) is 6.23. The lowest BCUT2D eigenvalue weighted by Crippen LogP contribution is -2.51. The third-order valence-corrected chi connectivity index (χ3v) is 8.11. The van der Waals surface area contributed by atoms with Crippen molar-refractivity contribution in [3.05, 3.63) is 29.8 Å². The van der Waals surface area contributed by atoms with Gasteiger partial charge in [0.2, 0.25) is 11.8 Å². The zero-order chi connectivity index (χ0) is 21.5. The van der Waals surface area contributed by atoms with E-state index < -0.39 is 27.5 Å². The molecule has 0 saturated carbocycles. The van der Waals surface area contributed by atoms with Crippen LogP contribution in [0.4, 0.5) is 0 Å². The molecule has 0 radical (unpaired) electrons. The molecular formula is C21H26N2O6S. The molecule has 8 nitrogen and oxygen atoms in total. The first-order valence-corrected chi connectivity index (χ1v) is 12.1. The normalized spacial score (nSPS) is 29.1. The second kappa shape index (κ2) is 7.68. The van der Waals surface area contributed by atoms with Crippen LogP contribution in [0.5, 0.6) is 5.75 Å². The number of hydrogen-bond donors (Lipinski definition) is 1. The van der Waals surface area contributed by atoms with Gasteiger partial charge in [-0.05, 0) is 31.9 Å². The number of hydrogen-bond acceptors (Lipinski definition) is 6. The first-order chi connectivity index (χ1) is 14.2. The molecule has 3 heterocycles. The Morgan fingerprint density at radius 1 is 1.27 bits per heavy atom. The van der Waals surface area contributed by atoms with Gasteiger partial charge in [0.25, 0.3) is 0 Å². The highest BCUT2D eigenvalue weighted by atomic mass is 32.2. The van der Waals surface area contributed by atoms with Gasteiger partial charge in [-0.25, -0.2) is 8.42 Å². The molecule has 1 aromatic carbocycles. The van der Waals surface area contributed by atoms with Gasteiger partial charge < -0.3 is 15.0 Å². The van der Waals surface area contributed by atoms with Crippen LogP contribution in [0, 0.1) is 0 Å². The number of carbonyl (C=O) groups excluding carboxylic acids is 3. The minimum absolute atomic E-state index is 0.00554. The Morgan fingerprint density at radius 2 is 2.03 bits per heavy atom. The second-order valence-electron chi connectivity index (χ2n) is 8.50. The number of likely N-dealkylation sites (tertiary alicyclic amines) is 1. The first kappa shape index (κ1) is 20.8. The minimum atomic E-state index is -3.10. The van der Waals surface area contributed by atoms with Gasteiger partial charge in [0.1, 0.15) is 17.4 Å². The summed E-state index contributed by atoms with van der Waals surface area (Å²) in [5.74, 6) is 0.0482. The van der Waals surface area contributed by atoms with E-state index in [4.69, 9.17) is 4.74 Å². The minimum Gasteiger partial charge on any atom is -0.486 e. The first-order valence-electron chi connectivity index (χ1n) is 10.3. The van der Waals surface area contributed by atoms with Crippen LogP contribution in [0.3, 0.4) is 0 Å². The van der Waals surface area contributed by atoms with Crippen LogP contribution in [0.15, 0.2) is 24.3 Å². The van der Waals surface area contributed by atoms with Crippen LogP contribution in [-0.4, -0.2) is 66.7 Å². The van der Waals surface area contributed by atoms with Gasteiger partial charge >= 0.3 is 0 Å². The number of ether oxygens (including phenoxy) is 1. The summed E-state index contributed by atoms with van der Waals surface area (Å²) in [5.41, 5.74) is -0.180. The third kappa shape index (κ3) is 4.08. The van der Waals surface area contributed by atoms with Gasteiger partial charge in [0.15, 0.2) is 15.6 Å². The summed E-state index contributed by atoms with van der Waals surface area (Å²) >= 11 is 0. The predicted molar refractivity (Wildman–Crippen MR) is 109 cm³/mol. The molecular weight excluding hydrogens is 408 g/mol. The molecule has 0 bridgehead atoms. The average molecular weight is 435 g/mol. The van der Waals surface area contributed by atoms with E-state index in [9.17, 15) is 22.8 Å². The maximum Gasteiger partial charge on any atom is 0.242 e. The average Bonchev–Trinajstić information content (AvgIpc) is 2.96. The Bertz CT molecular complexity index is 991. The molecule has 2 saturated heterocycles. The summed E-state index contributed by atoms with van der Waals surface area (Å²) in [5, 5.41) is 2.77. The quantitative estimate of drug-likeness (QED) is 0.763. The van der Waals surface area contributed by atoms with E-state index >= 15 is 0 Å². The Labute approximate surface area is 175 Å². The second-order valence-corrected chi connectivity index (χ2v) is 10.7. The maximum atomic E-state index is 12.8. The molecule has 2 amide bonds. The van der Waals surface area contributed by atoms with E-state index in [1.165, 1.54) is 4.90 Å². The van der Waals surface area contributed by atoms with Crippen molar-refractivity contribution in [1.29, 1.82) is 0 Å². The molecule has 30 heavy (non-hydrogen) atoms. The lowest BCUT2D eigenvalue weighted by molar-refractivity contribution is -0.139. The molecule has 0 aromatic heterocycles. The largest absolute Gasteiger partial charge is 0.486 e. The highest BCUT2D eigenvalue weighted by Gasteiger charge is 2.44. The number of carbonyl (C=O) groups is 3. The number of nitrogens with zero attached hydrogens (tertiary/aromatic N) is 1. The molecule has 3 aliphatic rings. The van der Waals surface area contributed by atoms with Crippen molar-refractivity contribution in [2.75, 3.05) is 18.1 Å². The fourth-order valence-electron chi connectivity index (χ4n) is 4.56. The summed E-state index contributed by atoms with van der Waals surface area (Å²) in [6.07, 6.45) is 1.66. The number of nitrogens with one attached hydrogen (secondary N) is 1. The van der Waals surface area contributed by atoms with E-state index in [0.29, 0.717) is 37.1 Å². The lowest BCUT2D eigenvalue weighted by atomic mass is 9.84. The van der Waals surface area contributed by atoms with E-state index in [0.717, 1.165) is 0 Å². The summed E-state index contributed by atoms with van der Waals surface area (Å²) in [6.45, 7) is 1.95. The van der Waals surface area contributed by atoms with Gasteiger partial charge in [0.05, 0.1) is 23.5 Å². The van der Waals surface area contributed by atoms with Crippen molar-refractivity contribution in [2.45, 2.75) is 56.7 Å². The molecule has 4 rings (SSSR count). The van der Waals surface area contributed by atoms with Gasteiger partial charge in [-0.1, -0.05) is 12.1 Å². The Balaban J connectivity index is 1.44. The molecule has 1 N–H and O–H groups in total. The monoisotopic (exact) mass is 434 g/mol. The number of rotatable bonds is 3. The van der Waals surface area contributed by atoms with Crippen molar-refractivity contribution >= 4 is 27.4 Å². The van der Waals surface area contributed by atoms with Crippen LogP contribution in [-0.2, 0) is 19.4 Å². The van der Waals surface area contributed by atoms with Crippen LogP contribution in [0.25, 0.3) is 0 Å². The number of sulfone groups is 1. The topological polar surface area (TPSA) is 110 Å². The lowest BCUT2D eigenvalue weighted by Gasteiger charge is -2.37. The molecule has 0 unspecified atom stereocenters. The van der Waals surface area contributed by atoms with Gasteiger partial charge in [-0.2, -0.15) is 0 Å². The van der Waals surface area contributed by atoms with Crippen molar-refractivity contribution in [3.63, 3.8) is 0 Å². The molecule has 9 heteroatoms. The number of Topliss-reactive ketones (excluding diaryl/α,β-unsaturated/α-hetero) is 1. The standard InChI is InChI=1S/C21H26N2O6S/c1-14(20(26)22-15-7-11-30(27,28)13-15)23-10-9-21(8-6-19(23)25)12-17(24)16-4-2-3-5-18(16)29-21/h2-5,14-15H,6-13H2,1H3,(H,22,26)/t14-,15+,21-/m1/s1. The van der Waals surface area contributed by atoms with Gasteiger partial charge in [-0.15, -0.1) is 0 Å². The smallest absolute Gasteiger partial charge is 0.242 e. The molecule has 0 aliphatic carbocycles. The fraction of sp³-hybridized carbons (Fsp3) is 0.571. The predicted octanol–water partition coefficient (Wildman–Crippen LogP) is 1.09. The van der Waals surface area contributed by atoms with Gasteiger partial charge in [0, 0.05) is 25.4 Å². The van der Waals surface area contributed by atoms with Crippen LogP contribution in [0.2, 0.25) is 0 Å². The van der Waals surface area contributed by atoms with E-state index in [1.807, 2.05) is 6.07 Å².